The minimum absolute atomic E-state index is 0.0227. The molecular formula is C15H24N2O3. The molecule has 0 aromatic carbocycles. The number of carbonyl (C=O) groups excluding carboxylic acids is 3. The van der Waals surface area contributed by atoms with Crippen LogP contribution in [0.2, 0.25) is 0 Å². The van der Waals surface area contributed by atoms with E-state index in [4.69, 9.17) is 0 Å². The third-order valence-corrected chi connectivity index (χ3v) is 4.27. The molecule has 5 nitrogen and oxygen atoms in total. The molecule has 20 heavy (non-hydrogen) atoms. The van der Waals surface area contributed by atoms with E-state index in [9.17, 15) is 14.4 Å². The standard InChI is InChI=1S/C15H24N2O3/c1-2-3-4-13(18)16-11-5-7-12(8-6-11)17-14(19)9-10-15(17)20/h11-12H,2-10H2,1H3,(H,16,18). The SMILES string of the molecule is CCCCC(=O)NC1CCC(N2C(=O)CCC2=O)CC1. The van der Waals surface area contributed by atoms with E-state index in [1.807, 2.05) is 0 Å². The Hall–Kier alpha value is -1.39. The second-order valence-corrected chi connectivity index (χ2v) is 5.83. The van der Waals surface area contributed by atoms with Crippen LogP contribution in [0, 0.1) is 0 Å². The summed E-state index contributed by atoms with van der Waals surface area (Å²) in [5.41, 5.74) is 0. The van der Waals surface area contributed by atoms with E-state index in [1.165, 1.54) is 4.90 Å². The number of nitrogens with zero attached hydrogens (tertiary/aromatic N) is 1. The topological polar surface area (TPSA) is 66.5 Å². The summed E-state index contributed by atoms with van der Waals surface area (Å²) < 4.78 is 0. The molecule has 2 fully saturated rings. The van der Waals surface area contributed by atoms with Crippen molar-refractivity contribution in [2.45, 2.75) is 76.8 Å². The van der Waals surface area contributed by atoms with Crippen LogP contribution in [0.4, 0.5) is 0 Å². The quantitative estimate of drug-likeness (QED) is 0.780. The molecule has 112 valence electrons. The summed E-state index contributed by atoms with van der Waals surface area (Å²) in [6.45, 7) is 2.07. The average molecular weight is 280 g/mol. The molecule has 0 radical (unpaired) electrons. The van der Waals surface area contributed by atoms with E-state index in [2.05, 4.69) is 12.2 Å². The highest BCUT2D eigenvalue weighted by Gasteiger charge is 2.36. The minimum atomic E-state index is -0.0227. The first kappa shape index (κ1) is 15.0. The van der Waals surface area contributed by atoms with Crippen molar-refractivity contribution in [3.63, 3.8) is 0 Å². The van der Waals surface area contributed by atoms with Crippen molar-refractivity contribution in [1.29, 1.82) is 0 Å². The Morgan fingerprint density at radius 1 is 1.15 bits per heavy atom. The van der Waals surface area contributed by atoms with Crippen LogP contribution in [0.15, 0.2) is 0 Å². The summed E-state index contributed by atoms with van der Waals surface area (Å²) in [4.78, 5) is 36.5. The number of nitrogens with one attached hydrogen (secondary N) is 1. The van der Waals surface area contributed by atoms with Crippen LogP contribution in [-0.2, 0) is 14.4 Å². The molecule has 1 aliphatic carbocycles. The van der Waals surface area contributed by atoms with Crippen molar-refractivity contribution in [1.82, 2.24) is 10.2 Å². The summed E-state index contributed by atoms with van der Waals surface area (Å²) in [5, 5.41) is 3.06. The predicted octanol–water partition coefficient (Wildman–Crippen LogP) is 1.75. The van der Waals surface area contributed by atoms with Crippen LogP contribution in [0.25, 0.3) is 0 Å². The van der Waals surface area contributed by atoms with E-state index >= 15 is 0 Å². The molecule has 0 aromatic rings. The van der Waals surface area contributed by atoms with E-state index in [1.54, 1.807) is 0 Å². The number of amides is 3. The van der Waals surface area contributed by atoms with E-state index in [0.29, 0.717) is 19.3 Å². The zero-order valence-corrected chi connectivity index (χ0v) is 12.2. The molecule has 0 unspecified atom stereocenters. The Morgan fingerprint density at radius 2 is 1.75 bits per heavy atom. The zero-order chi connectivity index (χ0) is 14.5. The molecule has 0 atom stereocenters. The minimum Gasteiger partial charge on any atom is -0.353 e. The van der Waals surface area contributed by atoms with Gasteiger partial charge >= 0.3 is 0 Å². The molecular weight excluding hydrogens is 256 g/mol. The Kier molecular flexibility index (Phi) is 5.15. The van der Waals surface area contributed by atoms with Crippen LogP contribution >= 0.6 is 0 Å². The Labute approximate surface area is 120 Å². The fourth-order valence-corrected chi connectivity index (χ4v) is 3.12. The van der Waals surface area contributed by atoms with Crippen molar-refractivity contribution in [3.8, 4) is 0 Å². The second kappa shape index (κ2) is 6.86. The highest BCUT2D eigenvalue weighted by molar-refractivity contribution is 6.02. The zero-order valence-electron chi connectivity index (χ0n) is 12.2. The maximum absolute atomic E-state index is 11.7. The number of rotatable bonds is 5. The van der Waals surface area contributed by atoms with Crippen molar-refractivity contribution in [2.24, 2.45) is 0 Å². The Morgan fingerprint density at radius 3 is 2.30 bits per heavy atom. The number of imide groups is 1. The first-order valence-electron chi connectivity index (χ1n) is 7.76. The molecule has 0 spiro atoms. The van der Waals surface area contributed by atoms with Gasteiger partial charge in [-0.2, -0.15) is 0 Å². The Balaban J connectivity index is 1.76. The number of unbranched alkanes of at least 4 members (excludes halogenated alkanes) is 1. The van der Waals surface area contributed by atoms with Gasteiger partial charge in [-0.05, 0) is 32.1 Å². The maximum atomic E-state index is 11.7. The molecule has 1 aliphatic heterocycles. The molecule has 1 saturated heterocycles. The van der Waals surface area contributed by atoms with Crippen molar-refractivity contribution in [2.75, 3.05) is 0 Å². The lowest BCUT2D eigenvalue weighted by Gasteiger charge is -2.33. The van der Waals surface area contributed by atoms with Gasteiger partial charge in [0.15, 0.2) is 0 Å². The van der Waals surface area contributed by atoms with Crippen LogP contribution in [0.3, 0.4) is 0 Å². The highest BCUT2D eigenvalue weighted by Crippen LogP contribution is 2.27. The van der Waals surface area contributed by atoms with Crippen molar-refractivity contribution >= 4 is 17.7 Å². The van der Waals surface area contributed by atoms with Crippen LogP contribution in [0.5, 0.6) is 0 Å². The molecule has 1 heterocycles. The van der Waals surface area contributed by atoms with Gasteiger partial charge in [-0.3, -0.25) is 19.3 Å². The molecule has 1 N–H and O–H groups in total. The van der Waals surface area contributed by atoms with Gasteiger partial charge in [0.25, 0.3) is 0 Å². The first-order valence-corrected chi connectivity index (χ1v) is 7.76. The smallest absolute Gasteiger partial charge is 0.229 e. The van der Waals surface area contributed by atoms with Gasteiger partial charge in [0.2, 0.25) is 17.7 Å². The van der Waals surface area contributed by atoms with E-state index in [-0.39, 0.29) is 29.8 Å². The normalized spacial score (nSPS) is 26.9. The number of carbonyl (C=O) groups is 3. The monoisotopic (exact) mass is 280 g/mol. The van der Waals surface area contributed by atoms with Gasteiger partial charge in [0.1, 0.15) is 0 Å². The van der Waals surface area contributed by atoms with Gasteiger partial charge in [0.05, 0.1) is 0 Å². The van der Waals surface area contributed by atoms with E-state index < -0.39 is 0 Å². The molecule has 3 amide bonds. The van der Waals surface area contributed by atoms with Crippen molar-refractivity contribution in [3.05, 3.63) is 0 Å². The van der Waals surface area contributed by atoms with Gasteiger partial charge in [-0.25, -0.2) is 0 Å². The lowest BCUT2D eigenvalue weighted by molar-refractivity contribution is -0.142. The molecule has 1 saturated carbocycles. The Bertz CT molecular complexity index is 371. The van der Waals surface area contributed by atoms with Gasteiger partial charge in [-0.15, -0.1) is 0 Å². The largest absolute Gasteiger partial charge is 0.353 e. The summed E-state index contributed by atoms with van der Waals surface area (Å²) in [6.07, 6.45) is 6.64. The molecule has 0 bridgehead atoms. The fraction of sp³-hybridized carbons (Fsp3) is 0.800. The maximum Gasteiger partial charge on any atom is 0.229 e. The number of likely N-dealkylation sites (tertiary alicyclic amines) is 1. The molecule has 5 heteroatoms. The van der Waals surface area contributed by atoms with Crippen molar-refractivity contribution < 1.29 is 14.4 Å². The molecule has 2 rings (SSSR count). The van der Waals surface area contributed by atoms with Gasteiger partial charge in [0, 0.05) is 31.3 Å². The lowest BCUT2D eigenvalue weighted by atomic mass is 9.90. The summed E-state index contributed by atoms with van der Waals surface area (Å²) in [6, 6.07) is 0.268. The first-order chi connectivity index (χ1) is 9.61. The van der Waals surface area contributed by atoms with Gasteiger partial charge < -0.3 is 5.32 Å². The van der Waals surface area contributed by atoms with E-state index in [0.717, 1.165) is 38.5 Å². The molecule has 0 aromatic heterocycles. The third-order valence-electron chi connectivity index (χ3n) is 4.27. The molecule has 2 aliphatic rings. The predicted molar refractivity (Wildman–Crippen MR) is 74.8 cm³/mol. The lowest BCUT2D eigenvalue weighted by Crippen LogP contribution is -2.45. The van der Waals surface area contributed by atoms with Gasteiger partial charge in [-0.1, -0.05) is 13.3 Å². The third kappa shape index (κ3) is 3.58. The van der Waals surface area contributed by atoms with Crippen LogP contribution in [0.1, 0.15) is 64.7 Å². The average Bonchev–Trinajstić information content (AvgIpc) is 2.77. The highest BCUT2D eigenvalue weighted by atomic mass is 16.2. The summed E-state index contributed by atoms with van der Waals surface area (Å²) >= 11 is 0. The summed E-state index contributed by atoms with van der Waals surface area (Å²) in [7, 11) is 0. The van der Waals surface area contributed by atoms with Crippen LogP contribution < -0.4 is 5.32 Å². The number of hydrogen-bond acceptors (Lipinski definition) is 3. The van der Waals surface area contributed by atoms with Crippen LogP contribution in [-0.4, -0.2) is 34.7 Å². The number of hydrogen-bond donors (Lipinski definition) is 1. The summed E-state index contributed by atoms with van der Waals surface area (Å²) in [5.74, 6) is 0.0829. The fourth-order valence-electron chi connectivity index (χ4n) is 3.12. The second-order valence-electron chi connectivity index (χ2n) is 5.83.